The van der Waals surface area contributed by atoms with Gasteiger partial charge in [-0.1, -0.05) is 18.2 Å². The first-order valence-electron chi connectivity index (χ1n) is 7.90. The van der Waals surface area contributed by atoms with Gasteiger partial charge < -0.3 is 15.0 Å². The molecule has 3 rings (SSSR count). The summed E-state index contributed by atoms with van der Waals surface area (Å²) in [5.41, 5.74) is 1.05. The number of piperazine rings is 1. The highest BCUT2D eigenvalue weighted by Crippen LogP contribution is 2.30. The monoisotopic (exact) mass is 386 g/mol. The van der Waals surface area contributed by atoms with Gasteiger partial charge in [-0.3, -0.25) is 9.48 Å². The molecule has 138 valence electrons. The standard InChI is InChI=1S/C17H22N4O2.2ClH/c1-23-16-6-3-2-5-14(16)15-13-18-9-12-21(15)17(22)7-11-20-10-4-8-19-20;;/h2-6,8,10,15,18H,7,9,11-13H2,1H3;2*1H. The number of para-hydroxylation sites is 1. The van der Waals surface area contributed by atoms with Crippen molar-refractivity contribution < 1.29 is 9.53 Å². The summed E-state index contributed by atoms with van der Waals surface area (Å²) in [7, 11) is 1.67. The summed E-state index contributed by atoms with van der Waals surface area (Å²) in [6, 6.07) is 9.78. The van der Waals surface area contributed by atoms with Crippen molar-refractivity contribution in [1.29, 1.82) is 0 Å². The van der Waals surface area contributed by atoms with Gasteiger partial charge in [0.25, 0.3) is 0 Å². The summed E-state index contributed by atoms with van der Waals surface area (Å²) < 4.78 is 7.26. The number of nitrogens with one attached hydrogen (secondary N) is 1. The summed E-state index contributed by atoms with van der Waals surface area (Å²) in [6.45, 7) is 2.88. The van der Waals surface area contributed by atoms with Crippen molar-refractivity contribution in [2.24, 2.45) is 0 Å². The molecule has 1 aromatic carbocycles. The molecule has 1 unspecified atom stereocenters. The molecule has 0 aliphatic carbocycles. The van der Waals surface area contributed by atoms with Gasteiger partial charge in [-0.05, 0) is 12.1 Å². The van der Waals surface area contributed by atoms with Crippen LogP contribution in [0.4, 0.5) is 0 Å². The van der Waals surface area contributed by atoms with Crippen molar-refractivity contribution >= 4 is 30.7 Å². The van der Waals surface area contributed by atoms with Gasteiger partial charge in [-0.15, -0.1) is 24.8 Å². The Morgan fingerprint density at radius 1 is 1.32 bits per heavy atom. The van der Waals surface area contributed by atoms with E-state index in [-0.39, 0.29) is 36.8 Å². The van der Waals surface area contributed by atoms with Crippen molar-refractivity contribution in [1.82, 2.24) is 20.0 Å². The fraction of sp³-hybridized carbons (Fsp3) is 0.412. The molecule has 1 amide bonds. The number of aryl methyl sites for hydroxylation is 1. The molecule has 1 fully saturated rings. The van der Waals surface area contributed by atoms with Crippen LogP contribution in [0.2, 0.25) is 0 Å². The van der Waals surface area contributed by atoms with Crippen molar-refractivity contribution in [3.05, 3.63) is 48.3 Å². The fourth-order valence-corrected chi connectivity index (χ4v) is 3.01. The highest BCUT2D eigenvalue weighted by atomic mass is 35.5. The predicted molar refractivity (Wildman–Crippen MR) is 102 cm³/mol. The minimum absolute atomic E-state index is 0. The van der Waals surface area contributed by atoms with E-state index >= 15 is 0 Å². The van der Waals surface area contributed by atoms with E-state index in [4.69, 9.17) is 4.74 Å². The number of carbonyl (C=O) groups excluding carboxylic acids is 1. The van der Waals surface area contributed by atoms with Crippen molar-refractivity contribution in [3.8, 4) is 5.75 Å². The van der Waals surface area contributed by atoms with E-state index in [0.717, 1.165) is 24.4 Å². The van der Waals surface area contributed by atoms with Crippen LogP contribution in [0.1, 0.15) is 18.0 Å². The zero-order valence-electron chi connectivity index (χ0n) is 14.1. The SMILES string of the molecule is COc1ccccc1C1CNCCN1C(=O)CCn1cccn1.Cl.Cl. The lowest BCUT2D eigenvalue weighted by atomic mass is 10.0. The number of benzene rings is 1. The van der Waals surface area contributed by atoms with Crippen molar-refractivity contribution in [2.75, 3.05) is 26.7 Å². The molecule has 1 saturated heterocycles. The van der Waals surface area contributed by atoms with E-state index in [2.05, 4.69) is 10.4 Å². The van der Waals surface area contributed by atoms with Gasteiger partial charge in [0, 0.05) is 50.6 Å². The van der Waals surface area contributed by atoms with Crippen LogP contribution < -0.4 is 10.1 Å². The molecular formula is C17H24Cl2N4O2. The maximum absolute atomic E-state index is 12.7. The first kappa shape index (κ1) is 21.3. The number of amides is 1. The molecule has 0 radical (unpaired) electrons. The van der Waals surface area contributed by atoms with Gasteiger partial charge in [-0.25, -0.2) is 0 Å². The molecule has 1 aromatic heterocycles. The number of carbonyl (C=O) groups is 1. The Morgan fingerprint density at radius 3 is 2.84 bits per heavy atom. The zero-order valence-corrected chi connectivity index (χ0v) is 15.8. The lowest BCUT2D eigenvalue weighted by molar-refractivity contribution is -0.134. The molecule has 2 heterocycles. The molecule has 8 heteroatoms. The summed E-state index contributed by atoms with van der Waals surface area (Å²) >= 11 is 0. The Labute approximate surface area is 160 Å². The second kappa shape index (κ2) is 10.3. The third kappa shape index (κ3) is 5.11. The number of aromatic nitrogens is 2. The highest BCUT2D eigenvalue weighted by molar-refractivity contribution is 5.85. The van der Waals surface area contributed by atoms with Gasteiger partial charge in [-0.2, -0.15) is 5.10 Å². The summed E-state index contributed by atoms with van der Waals surface area (Å²) in [6.07, 6.45) is 4.06. The molecule has 1 N–H and O–H groups in total. The number of hydrogen-bond donors (Lipinski definition) is 1. The van der Waals surface area contributed by atoms with E-state index in [1.807, 2.05) is 41.4 Å². The quantitative estimate of drug-likeness (QED) is 0.856. The number of halogens is 2. The Balaban J connectivity index is 0.00000156. The number of nitrogens with zero attached hydrogens (tertiary/aromatic N) is 3. The van der Waals surface area contributed by atoms with Crippen molar-refractivity contribution in [3.63, 3.8) is 0 Å². The van der Waals surface area contributed by atoms with Crippen LogP contribution in [0.15, 0.2) is 42.7 Å². The van der Waals surface area contributed by atoms with Crippen LogP contribution in [-0.2, 0) is 11.3 Å². The molecule has 1 aliphatic heterocycles. The van der Waals surface area contributed by atoms with Gasteiger partial charge >= 0.3 is 0 Å². The minimum atomic E-state index is 0. The number of hydrogen-bond acceptors (Lipinski definition) is 4. The van der Waals surface area contributed by atoms with E-state index in [9.17, 15) is 4.79 Å². The van der Waals surface area contributed by atoms with Crippen molar-refractivity contribution in [2.45, 2.75) is 19.0 Å². The van der Waals surface area contributed by atoms with Crippen LogP contribution >= 0.6 is 24.8 Å². The maximum atomic E-state index is 12.7. The topological polar surface area (TPSA) is 59.4 Å². The van der Waals surface area contributed by atoms with Gasteiger partial charge in [0.1, 0.15) is 5.75 Å². The summed E-state index contributed by atoms with van der Waals surface area (Å²) in [5.74, 6) is 0.976. The molecule has 6 nitrogen and oxygen atoms in total. The third-order valence-corrected chi connectivity index (χ3v) is 4.18. The fourth-order valence-electron chi connectivity index (χ4n) is 3.01. The maximum Gasteiger partial charge on any atom is 0.225 e. The normalized spacial score (nSPS) is 16.5. The van der Waals surface area contributed by atoms with Crippen LogP contribution in [0.5, 0.6) is 5.75 Å². The van der Waals surface area contributed by atoms with E-state index in [1.165, 1.54) is 0 Å². The Bertz CT molecular complexity index is 652. The molecule has 0 bridgehead atoms. The zero-order chi connectivity index (χ0) is 16.1. The lowest BCUT2D eigenvalue weighted by Gasteiger charge is -2.37. The minimum Gasteiger partial charge on any atom is -0.496 e. The highest BCUT2D eigenvalue weighted by Gasteiger charge is 2.29. The van der Waals surface area contributed by atoms with Crippen LogP contribution in [0.25, 0.3) is 0 Å². The summed E-state index contributed by atoms with van der Waals surface area (Å²) in [5, 5.41) is 7.52. The smallest absolute Gasteiger partial charge is 0.225 e. The van der Waals surface area contributed by atoms with Crippen LogP contribution in [0, 0.1) is 0 Å². The molecule has 1 atom stereocenters. The first-order chi connectivity index (χ1) is 11.3. The molecule has 0 saturated carbocycles. The molecule has 25 heavy (non-hydrogen) atoms. The average molecular weight is 387 g/mol. The van der Waals surface area contributed by atoms with Gasteiger partial charge in [0.05, 0.1) is 13.2 Å². The van der Waals surface area contributed by atoms with Crippen LogP contribution in [-0.4, -0.2) is 47.3 Å². The second-order valence-electron chi connectivity index (χ2n) is 5.57. The lowest BCUT2D eigenvalue weighted by Crippen LogP contribution is -2.49. The first-order valence-corrected chi connectivity index (χ1v) is 7.90. The third-order valence-electron chi connectivity index (χ3n) is 4.18. The molecular weight excluding hydrogens is 363 g/mol. The van der Waals surface area contributed by atoms with Gasteiger partial charge in [0.15, 0.2) is 0 Å². The Hall–Kier alpha value is -1.76. The van der Waals surface area contributed by atoms with E-state index in [1.54, 1.807) is 18.0 Å². The molecule has 1 aliphatic rings. The van der Waals surface area contributed by atoms with E-state index < -0.39 is 0 Å². The summed E-state index contributed by atoms with van der Waals surface area (Å²) in [4.78, 5) is 14.6. The van der Waals surface area contributed by atoms with Gasteiger partial charge in [0.2, 0.25) is 5.91 Å². The predicted octanol–water partition coefficient (Wildman–Crippen LogP) is 2.30. The molecule has 0 spiro atoms. The molecule has 2 aromatic rings. The number of ether oxygens (including phenoxy) is 1. The number of rotatable bonds is 5. The second-order valence-corrected chi connectivity index (χ2v) is 5.57. The Kier molecular flexibility index (Phi) is 8.75. The largest absolute Gasteiger partial charge is 0.496 e. The van der Waals surface area contributed by atoms with E-state index in [0.29, 0.717) is 19.5 Å². The van der Waals surface area contributed by atoms with Crippen LogP contribution in [0.3, 0.4) is 0 Å². The Morgan fingerprint density at radius 2 is 2.12 bits per heavy atom. The number of methoxy groups -OCH3 is 1. The average Bonchev–Trinajstić information content (AvgIpc) is 3.13.